The molecule has 0 spiro atoms. The first-order chi connectivity index (χ1) is 10.8. The summed E-state index contributed by atoms with van der Waals surface area (Å²) in [6.45, 7) is 1.70. The second-order valence-corrected chi connectivity index (χ2v) is 6.53. The lowest BCUT2D eigenvalue weighted by Crippen LogP contribution is -2.13. The zero-order chi connectivity index (χ0) is 16.6. The van der Waals surface area contributed by atoms with Crippen LogP contribution in [0.4, 0.5) is 5.69 Å². The second-order valence-electron chi connectivity index (χ2n) is 4.85. The molecule has 0 unspecified atom stereocenters. The molecule has 0 aliphatic carbocycles. The van der Waals surface area contributed by atoms with E-state index < -0.39 is 16.0 Å². The molecule has 3 rings (SSSR count). The molecule has 0 radical (unpaired) electrons. The Morgan fingerprint density at radius 2 is 1.87 bits per heavy atom. The lowest BCUT2D eigenvalue weighted by atomic mass is 10.2. The van der Waals surface area contributed by atoms with E-state index >= 15 is 0 Å². The van der Waals surface area contributed by atoms with Gasteiger partial charge in [0.05, 0.1) is 16.1 Å². The first-order valence-electron chi connectivity index (χ1n) is 6.58. The minimum atomic E-state index is -3.82. The number of carboxylic acid groups (broad SMARTS) is 1. The van der Waals surface area contributed by atoms with Crippen molar-refractivity contribution in [3.63, 3.8) is 0 Å². The van der Waals surface area contributed by atoms with Gasteiger partial charge in [0.25, 0.3) is 10.0 Å². The number of nitrogens with zero attached hydrogens (tertiary/aromatic N) is 1. The number of sulfonamides is 1. The fourth-order valence-corrected chi connectivity index (χ4v) is 3.14. The Balaban J connectivity index is 1.90. The molecule has 3 aromatic rings. The Morgan fingerprint density at radius 3 is 2.52 bits per heavy atom. The average molecular weight is 332 g/mol. The minimum Gasteiger partial charge on any atom is -0.478 e. The van der Waals surface area contributed by atoms with Crippen LogP contribution in [0.1, 0.15) is 16.2 Å². The van der Waals surface area contributed by atoms with Crippen LogP contribution in [-0.2, 0) is 10.0 Å². The molecule has 0 saturated carbocycles. The van der Waals surface area contributed by atoms with Crippen LogP contribution in [0.3, 0.4) is 0 Å². The van der Waals surface area contributed by atoms with Gasteiger partial charge < -0.3 is 9.52 Å². The van der Waals surface area contributed by atoms with E-state index in [1.165, 1.54) is 24.3 Å². The van der Waals surface area contributed by atoms with Crippen molar-refractivity contribution in [3.05, 3.63) is 53.9 Å². The molecule has 1 heterocycles. The number of aromatic nitrogens is 1. The van der Waals surface area contributed by atoms with Crippen LogP contribution in [0, 0.1) is 6.92 Å². The van der Waals surface area contributed by atoms with Gasteiger partial charge in [0.15, 0.2) is 11.5 Å². The number of rotatable bonds is 4. The smallest absolute Gasteiger partial charge is 0.335 e. The molecule has 0 saturated heterocycles. The number of benzene rings is 2. The first kappa shape index (κ1) is 15.0. The third-order valence-electron chi connectivity index (χ3n) is 3.16. The topological polar surface area (TPSA) is 110 Å². The van der Waals surface area contributed by atoms with Crippen LogP contribution in [-0.4, -0.2) is 24.5 Å². The van der Waals surface area contributed by atoms with Crippen LogP contribution in [0.25, 0.3) is 11.1 Å². The highest BCUT2D eigenvalue weighted by Crippen LogP contribution is 2.22. The largest absolute Gasteiger partial charge is 0.478 e. The van der Waals surface area contributed by atoms with Crippen molar-refractivity contribution in [2.24, 2.45) is 0 Å². The molecule has 0 amide bonds. The summed E-state index contributed by atoms with van der Waals surface area (Å²) in [5.74, 6) is -0.627. The number of carbonyl (C=O) groups is 1. The minimum absolute atomic E-state index is 0.0162. The summed E-state index contributed by atoms with van der Waals surface area (Å²) in [7, 11) is -3.82. The Kier molecular flexibility index (Phi) is 3.53. The van der Waals surface area contributed by atoms with E-state index in [9.17, 15) is 13.2 Å². The molecular weight excluding hydrogens is 320 g/mol. The molecule has 118 valence electrons. The summed E-state index contributed by atoms with van der Waals surface area (Å²) in [4.78, 5) is 14.9. The average Bonchev–Trinajstić information content (AvgIpc) is 2.86. The predicted molar refractivity (Wildman–Crippen MR) is 83.0 cm³/mol. The Hall–Kier alpha value is -2.87. The highest BCUT2D eigenvalue weighted by molar-refractivity contribution is 7.92. The zero-order valence-corrected chi connectivity index (χ0v) is 12.8. The summed E-state index contributed by atoms with van der Waals surface area (Å²) in [5, 5.41) is 8.83. The van der Waals surface area contributed by atoms with Crippen molar-refractivity contribution in [2.45, 2.75) is 11.8 Å². The number of aromatic carboxylic acids is 1. The third kappa shape index (κ3) is 3.02. The summed E-state index contributed by atoms with van der Waals surface area (Å²) < 4.78 is 32.4. The normalized spacial score (nSPS) is 11.5. The first-order valence-corrected chi connectivity index (χ1v) is 8.07. The van der Waals surface area contributed by atoms with Crippen molar-refractivity contribution in [2.75, 3.05) is 4.72 Å². The van der Waals surface area contributed by atoms with Crippen molar-refractivity contribution < 1.29 is 22.7 Å². The number of nitrogens with one attached hydrogen (secondary N) is 1. The number of hydrogen-bond donors (Lipinski definition) is 2. The summed E-state index contributed by atoms with van der Waals surface area (Å²) in [6.07, 6.45) is 0. The number of hydrogen-bond acceptors (Lipinski definition) is 5. The molecule has 23 heavy (non-hydrogen) atoms. The van der Waals surface area contributed by atoms with Gasteiger partial charge >= 0.3 is 5.97 Å². The van der Waals surface area contributed by atoms with Crippen molar-refractivity contribution in [1.82, 2.24) is 4.98 Å². The Labute approximate surface area is 131 Å². The van der Waals surface area contributed by atoms with Gasteiger partial charge in [-0.05, 0) is 36.4 Å². The second kappa shape index (κ2) is 5.40. The molecule has 0 aliphatic heterocycles. The number of fused-ring (bicyclic) bond motifs is 1. The number of aryl methyl sites for hydroxylation is 1. The number of carboxylic acids is 1. The van der Waals surface area contributed by atoms with E-state index in [4.69, 9.17) is 9.52 Å². The van der Waals surface area contributed by atoms with Crippen LogP contribution in [0.5, 0.6) is 0 Å². The fourth-order valence-electron chi connectivity index (χ4n) is 2.09. The summed E-state index contributed by atoms with van der Waals surface area (Å²) in [5.41, 5.74) is 1.46. The van der Waals surface area contributed by atoms with Gasteiger partial charge in [-0.3, -0.25) is 4.72 Å². The molecule has 1 aromatic heterocycles. The molecule has 0 aliphatic rings. The van der Waals surface area contributed by atoms with Crippen molar-refractivity contribution >= 4 is 32.8 Å². The maximum Gasteiger partial charge on any atom is 0.335 e. The maximum absolute atomic E-state index is 12.3. The van der Waals surface area contributed by atoms with Gasteiger partial charge in [0, 0.05) is 13.0 Å². The SMILES string of the molecule is Cc1nc2ccc(NS(=O)(=O)c3ccc(C(=O)O)cc3)cc2o1. The maximum atomic E-state index is 12.3. The molecule has 2 N–H and O–H groups in total. The van der Waals surface area contributed by atoms with Gasteiger partial charge in [-0.2, -0.15) is 0 Å². The molecule has 0 bridgehead atoms. The third-order valence-corrected chi connectivity index (χ3v) is 4.56. The van der Waals surface area contributed by atoms with E-state index in [-0.39, 0.29) is 10.5 Å². The van der Waals surface area contributed by atoms with Crippen molar-refractivity contribution in [1.29, 1.82) is 0 Å². The van der Waals surface area contributed by atoms with Crippen LogP contribution in [0.2, 0.25) is 0 Å². The van der Waals surface area contributed by atoms with E-state index in [0.717, 1.165) is 0 Å². The highest BCUT2D eigenvalue weighted by Gasteiger charge is 2.16. The summed E-state index contributed by atoms with van der Waals surface area (Å²) in [6, 6.07) is 9.72. The number of oxazole rings is 1. The molecule has 7 nitrogen and oxygen atoms in total. The monoisotopic (exact) mass is 332 g/mol. The van der Waals surface area contributed by atoms with Gasteiger partial charge in [-0.15, -0.1) is 0 Å². The lowest BCUT2D eigenvalue weighted by Gasteiger charge is -2.08. The molecule has 0 fully saturated rings. The quantitative estimate of drug-likeness (QED) is 0.760. The molecular formula is C15H12N2O5S. The zero-order valence-electron chi connectivity index (χ0n) is 12.0. The van der Waals surface area contributed by atoms with E-state index in [0.29, 0.717) is 22.7 Å². The Bertz CT molecular complexity index is 990. The van der Waals surface area contributed by atoms with E-state index in [1.807, 2.05) is 0 Å². The molecule has 0 atom stereocenters. The molecule has 8 heteroatoms. The summed E-state index contributed by atoms with van der Waals surface area (Å²) >= 11 is 0. The van der Waals surface area contributed by atoms with Crippen molar-refractivity contribution in [3.8, 4) is 0 Å². The highest BCUT2D eigenvalue weighted by atomic mass is 32.2. The van der Waals surface area contributed by atoms with Crippen LogP contribution >= 0.6 is 0 Å². The van der Waals surface area contributed by atoms with E-state index in [1.54, 1.807) is 25.1 Å². The fraction of sp³-hybridized carbons (Fsp3) is 0.0667. The van der Waals surface area contributed by atoms with E-state index in [2.05, 4.69) is 9.71 Å². The van der Waals surface area contributed by atoms with Gasteiger partial charge in [0.2, 0.25) is 0 Å². The Morgan fingerprint density at radius 1 is 1.17 bits per heavy atom. The molecule has 2 aromatic carbocycles. The van der Waals surface area contributed by atoms with Gasteiger partial charge in [-0.25, -0.2) is 18.2 Å². The van der Waals surface area contributed by atoms with Crippen LogP contribution in [0.15, 0.2) is 51.8 Å². The standard InChI is InChI=1S/C15H12N2O5S/c1-9-16-13-7-4-11(8-14(13)22-9)17-23(20,21)12-5-2-10(3-6-12)15(18)19/h2-8,17H,1H3,(H,18,19). The lowest BCUT2D eigenvalue weighted by molar-refractivity contribution is 0.0696. The number of anilines is 1. The van der Waals surface area contributed by atoms with Gasteiger partial charge in [0.1, 0.15) is 5.52 Å². The predicted octanol–water partition coefficient (Wildman–Crippen LogP) is 2.64. The van der Waals surface area contributed by atoms with Crippen LogP contribution < -0.4 is 4.72 Å². The van der Waals surface area contributed by atoms with Gasteiger partial charge in [-0.1, -0.05) is 0 Å².